The second-order valence-corrected chi connectivity index (χ2v) is 7.31. The predicted molar refractivity (Wildman–Crippen MR) is 80.8 cm³/mol. The molecule has 0 fully saturated rings. The molecule has 0 aliphatic heterocycles. The fraction of sp³-hybridized carbons (Fsp3) is 0.500. The van der Waals surface area contributed by atoms with Gasteiger partial charge < -0.3 is 14.2 Å². The van der Waals surface area contributed by atoms with Gasteiger partial charge >= 0.3 is 7.60 Å². The zero-order valence-corrected chi connectivity index (χ0v) is 14.2. The normalized spacial score (nSPS) is 14.7. The molecule has 0 heterocycles. The predicted octanol–water partition coefficient (Wildman–Crippen LogP) is 3.14. The van der Waals surface area contributed by atoms with E-state index in [2.05, 4.69) is 15.9 Å². The van der Waals surface area contributed by atoms with Gasteiger partial charge in [-0.15, -0.1) is 0 Å². The molecule has 1 aromatic carbocycles. The zero-order valence-electron chi connectivity index (χ0n) is 11.7. The van der Waals surface area contributed by atoms with E-state index >= 15 is 0 Å². The Morgan fingerprint density at radius 2 is 1.76 bits per heavy atom. The van der Waals surface area contributed by atoms with Gasteiger partial charge in [-0.1, -0.05) is 28.1 Å². The fourth-order valence-corrected chi connectivity index (χ4v) is 4.02. The van der Waals surface area contributed by atoms with Crippen molar-refractivity contribution in [2.24, 2.45) is 0 Å². The first-order valence-corrected chi connectivity index (χ1v) is 8.62. The summed E-state index contributed by atoms with van der Waals surface area (Å²) in [6, 6.07) is 6.06. The molecule has 1 atom stereocenters. The smallest absolute Gasteiger partial charge is 0.368 e. The molecule has 0 amide bonds. The number of benzene rings is 1. The number of nitro groups is 1. The Hall–Kier alpha value is -0.790. The molecule has 0 aliphatic rings. The van der Waals surface area contributed by atoms with Crippen LogP contribution < -0.4 is 0 Å². The molecule has 1 unspecified atom stereocenters. The van der Waals surface area contributed by atoms with Crippen LogP contribution >= 0.6 is 23.5 Å². The maximum absolute atomic E-state index is 12.8. The quantitative estimate of drug-likeness (QED) is 0.421. The third kappa shape index (κ3) is 4.11. The van der Waals surface area contributed by atoms with Gasteiger partial charge in [0, 0.05) is 15.0 Å². The first-order chi connectivity index (χ1) is 9.79. The maximum atomic E-state index is 12.8. The summed E-state index contributed by atoms with van der Waals surface area (Å²) in [7, 11) is -4.13. The molecular weight excluding hydrogens is 365 g/mol. The van der Waals surface area contributed by atoms with Crippen molar-refractivity contribution in [2.45, 2.75) is 19.2 Å². The Kier molecular flexibility index (Phi) is 6.49. The van der Waals surface area contributed by atoms with Crippen molar-refractivity contribution in [3.8, 4) is 0 Å². The van der Waals surface area contributed by atoms with Crippen molar-refractivity contribution >= 4 is 23.5 Å². The third-order valence-electron chi connectivity index (χ3n) is 2.71. The van der Waals surface area contributed by atoms with Crippen LogP contribution in [0.3, 0.4) is 0 Å². The van der Waals surface area contributed by atoms with Gasteiger partial charge in [0.25, 0.3) is 5.34 Å². The van der Waals surface area contributed by atoms with Crippen LogP contribution in [0.4, 0.5) is 0 Å². The van der Waals surface area contributed by atoms with E-state index in [1.807, 2.05) is 0 Å². The molecule has 0 radical (unpaired) electrons. The van der Waals surface area contributed by atoms with Crippen molar-refractivity contribution in [3.63, 3.8) is 0 Å². The molecule has 0 bridgehead atoms. The molecule has 1 aromatic rings. The largest absolute Gasteiger partial charge is 0.373 e. The Balaban J connectivity index is 3.39. The van der Waals surface area contributed by atoms with Crippen molar-refractivity contribution < 1.29 is 23.6 Å². The highest BCUT2D eigenvalue weighted by atomic mass is 79.9. The molecule has 0 saturated heterocycles. The van der Waals surface area contributed by atoms with Gasteiger partial charge in [-0.25, -0.2) is 0 Å². The number of rotatable bonds is 8. The molecule has 1 N–H and O–H groups in total. The lowest BCUT2D eigenvalue weighted by Gasteiger charge is -2.31. The standard InChI is InChI=1S/C12H17BrNO6P/c1-3-19-21(18,20-4-2)12(15,9-14(16)17)10-5-7-11(13)8-6-10/h5-8,15H,3-4,9H2,1-2H3. The van der Waals surface area contributed by atoms with E-state index in [1.54, 1.807) is 26.0 Å². The summed E-state index contributed by atoms with van der Waals surface area (Å²) < 4.78 is 23.7. The lowest BCUT2D eigenvalue weighted by atomic mass is 10.1. The second kappa shape index (κ2) is 7.47. The summed E-state index contributed by atoms with van der Waals surface area (Å²) in [4.78, 5) is 10.2. The van der Waals surface area contributed by atoms with E-state index in [-0.39, 0.29) is 18.8 Å². The van der Waals surface area contributed by atoms with Gasteiger partial charge in [0.15, 0.2) is 0 Å². The Morgan fingerprint density at radius 3 is 2.14 bits per heavy atom. The summed E-state index contributed by atoms with van der Waals surface area (Å²) in [6.07, 6.45) is 0. The summed E-state index contributed by atoms with van der Waals surface area (Å²) >= 11 is 3.23. The minimum atomic E-state index is -4.13. The lowest BCUT2D eigenvalue weighted by Crippen LogP contribution is -2.36. The van der Waals surface area contributed by atoms with E-state index in [0.29, 0.717) is 0 Å². The van der Waals surface area contributed by atoms with Crippen LogP contribution in [0.25, 0.3) is 0 Å². The van der Waals surface area contributed by atoms with Crippen molar-refractivity contribution in [2.75, 3.05) is 19.8 Å². The monoisotopic (exact) mass is 381 g/mol. The molecule has 118 valence electrons. The maximum Gasteiger partial charge on any atom is 0.373 e. The zero-order chi connectivity index (χ0) is 16.1. The van der Waals surface area contributed by atoms with Crippen LogP contribution in [-0.2, 0) is 19.0 Å². The Bertz CT molecular complexity index is 527. The number of hydrogen-bond acceptors (Lipinski definition) is 6. The number of nitrogens with zero attached hydrogens (tertiary/aromatic N) is 1. The topological polar surface area (TPSA) is 98.9 Å². The molecule has 21 heavy (non-hydrogen) atoms. The molecule has 0 saturated carbocycles. The minimum Gasteiger partial charge on any atom is -0.368 e. The van der Waals surface area contributed by atoms with Crippen LogP contribution in [0.5, 0.6) is 0 Å². The summed E-state index contributed by atoms with van der Waals surface area (Å²) in [6.45, 7) is 2.15. The van der Waals surface area contributed by atoms with Gasteiger partial charge in [0.2, 0.25) is 6.54 Å². The van der Waals surface area contributed by atoms with Gasteiger partial charge in [-0.05, 0) is 26.0 Å². The van der Waals surface area contributed by atoms with Gasteiger partial charge in [-0.2, -0.15) is 0 Å². The van der Waals surface area contributed by atoms with E-state index in [9.17, 15) is 19.8 Å². The average molecular weight is 382 g/mol. The van der Waals surface area contributed by atoms with Crippen LogP contribution in [-0.4, -0.2) is 29.8 Å². The summed E-state index contributed by atoms with van der Waals surface area (Å²) in [5.41, 5.74) is 0.104. The van der Waals surface area contributed by atoms with Crippen LogP contribution in [0.2, 0.25) is 0 Å². The average Bonchev–Trinajstić information content (AvgIpc) is 2.39. The Morgan fingerprint density at radius 1 is 1.29 bits per heavy atom. The molecule has 7 nitrogen and oxygen atoms in total. The minimum absolute atomic E-state index is 0.00612. The van der Waals surface area contributed by atoms with E-state index in [1.165, 1.54) is 12.1 Å². The number of aliphatic hydroxyl groups is 1. The van der Waals surface area contributed by atoms with Crippen LogP contribution in [0.1, 0.15) is 19.4 Å². The highest BCUT2D eigenvalue weighted by Crippen LogP contribution is 2.63. The second-order valence-electron chi connectivity index (χ2n) is 4.15. The first kappa shape index (κ1) is 18.3. The van der Waals surface area contributed by atoms with Crippen molar-refractivity contribution in [3.05, 3.63) is 44.4 Å². The highest BCUT2D eigenvalue weighted by molar-refractivity contribution is 9.10. The molecular formula is C12H17BrNO6P. The molecule has 0 spiro atoms. The summed E-state index contributed by atoms with van der Waals surface area (Å²) in [5.74, 6) is 0. The Labute approximate surface area is 131 Å². The molecule has 9 heteroatoms. The molecule has 0 aromatic heterocycles. The van der Waals surface area contributed by atoms with Gasteiger partial charge in [0.05, 0.1) is 13.2 Å². The van der Waals surface area contributed by atoms with Crippen molar-refractivity contribution in [1.82, 2.24) is 0 Å². The van der Waals surface area contributed by atoms with Crippen LogP contribution in [0, 0.1) is 10.1 Å². The first-order valence-electron chi connectivity index (χ1n) is 6.28. The lowest BCUT2D eigenvalue weighted by molar-refractivity contribution is -0.496. The van der Waals surface area contributed by atoms with E-state index < -0.39 is 24.4 Å². The van der Waals surface area contributed by atoms with Crippen molar-refractivity contribution in [1.29, 1.82) is 0 Å². The van der Waals surface area contributed by atoms with Gasteiger partial charge in [0.1, 0.15) is 0 Å². The van der Waals surface area contributed by atoms with Crippen LogP contribution in [0.15, 0.2) is 28.7 Å². The number of halogens is 1. The van der Waals surface area contributed by atoms with E-state index in [0.717, 1.165) is 4.47 Å². The number of hydrogen-bond donors (Lipinski definition) is 1. The van der Waals surface area contributed by atoms with Gasteiger partial charge in [-0.3, -0.25) is 14.7 Å². The fourth-order valence-electron chi connectivity index (χ4n) is 1.82. The highest BCUT2D eigenvalue weighted by Gasteiger charge is 2.55. The van der Waals surface area contributed by atoms with E-state index in [4.69, 9.17) is 9.05 Å². The SMILES string of the molecule is CCOP(=O)(OCC)C(O)(C[N+](=O)[O-])c1ccc(Br)cc1. The molecule has 1 rings (SSSR count). The summed E-state index contributed by atoms with van der Waals surface area (Å²) in [5, 5.41) is 19.3. The third-order valence-corrected chi connectivity index (χ3v) is 5.74. The molecule has 0 aliphatic carbocycles.